The zero-order valence-electron chi connectivity index (χ0n) is 7.86. The van der Waals surface area contributed by atoms with Crippen LogP contribution in [-0.4, -0.2) is 37.9 Å². The molecular weight excluding hydrogens is 206 g/mol. The Kier molecular flexibility index (Phi) is 4.05. The maximum Gasteiger partial charge on any atom is 0.214 e. The molecule has 1 heterocycles. The summed E-state index contributed by atoms with van der Waals surface area (Å²) in [5.74, 6) is 0.551. The highest BCUT2D eigenvalue weighted by Crippen LogP contribution is 1.91. The number of imidazole rings is 1. The first-order valence-corrected chi connectivity index (χ1v) is 5.74. The van der Waals surface area contributed by atoms with Gasteiger partial charge in [0.2, 0.25) is 10.0 Å². The number of rotatable bonds is 6. The van der Waals surface area contributed by atoms with Gasteiger partial charge >= 0.3 is 0 Å². The van der Waals surface area contributed by atoms with Crippen LogP contribution in [0.15, 0.2) is 12.4 Å². The van der Waals surface area contributed by atoms with Gasteiger partial charge in [-0.05, 0) is 0 Å². The zero-order chi connectivity index (χ0) is 10.4. The summed E-state index contributed by atoms with van der Waals surface area (Å²) in [6, 6.07) is 0. The minimum Gasteiger partial charge on any atom is -0.384 e. The minimum absolute atomic E-state index is 0.0375. The van der Waals surface area contributed by atoms with Crippen LogP contribution in [0.5, 0.6) is 0 Å². The Labute approximate surface area is 82.7 Å². The number of H-pyrrole nitrogens is 1. The third kappa shape index (κ3) is 3.86. The average Bonchev–Trinajstić information content (AvgIpc) is 2.64. The van der Waals surface area contributed by atoms with E-state index >= 15 is 0 Å². The summed E-state index contributed by atoms with van der Waals surface area (Å²) in [7, 11) is -1.79. The van der Waals surface area contributed by atoms with Crippen molar-refractivity contribution in [1.29, 1.82) is 0 Å². The van der Waals surface area contributed by atoms with Gasteiger partial charge in [0.05, 0.1) is 18.9 Å². The summed E-state index contributed by atoms with van der Waals surface area (Å²) in [6.07, 6.45) is 3.21. The summed E-state index contributed by atoms with van der Waals surface area (Å²) in [6.45, 7) is 0.368. The normalized spacial score (nSPS) is 11.8. The fourth-order valence-electron chi connectivity index (χ4n) is 0.838. The van der Waals surface area contributed by atoms with Gasteiger partial charge in [-0.15, -0.1) is 0 Å². The Balaban J connectivity index is 2.37. The third-order valence-electron chi connectivity index (χ3n) is 1.57. The Morgan fingerprint density at radius 3 is 3.00 bits per heavy atom. The number of hydrogen-bond donors (Lipinski definition) is 2. The molecule has 14 heavy (non-hydrogen) atoms. The predicted octanol–water partition coefficient (Wildman–Crippen LogP) is -0.524. The van der Waals surface area contributed by atoms with Gasteiger partial charge in [0.1, 0.15) is 5.82 Å². The Morgan fingerprint density at radius 1 is 1.64 bits per heavy atom. The lowest BCUT2D eigenvalue weighted by Gasteiger charge is -2.03. The molecular formula is C7H13N3O3S. The van der Waals surface area contributed by atoms with E-state index in [0.717, 1.165) is 0 Å². The van der Waals surface area contributed by atoms with Gasteiger partial charge in [-0.3, -0.25) is 0 Å². The number of sulfonamides is 1. The van der Waals surface area contributed by atoms with Crippen LogP contribution in [0.4, 0.5) is 0 Å². The highest BCUT2D eigenvalue weighted by molar-refractivity contribution is 7.89. The second kappa shape index (κ2) is 5.08. The van der Waals surface area contributed by atoms with Crippen molar-refractivity contribution in [2.75, 3.05) is 19.5 Å². The third-order valence-corrected chi connectivity index (χ3v) is 2.86. The fourth-order valence-corrected chi connectivity index (χ4v) is 1.73. The van der Waals surface area contributed by atoms with Crippen molar-refractivity contribution in [1.82, 2.24) is 14.7 Å². The predicted molar refractivity (Wildman–Crippen MR) is 51.1 cm³/mol. The second-order valence-electron chi connectivity index (χ2n) is 2.67. The number of aromatic amines is 1. The van der Waals surface area contributed by atoms with Crippen LogP contribution in [0, 0.1) is 0 Å². The molecule has 0 aliphatic heterocycles. The fraction of sp³-hybridized carbons (Fsp3) is 0.571. The zero-order valence-corrected chi connectivity index (χ0v) is 8.67. The Bertz CT molecular complexity index is 346. The van der Waals surface area contributed by atoms with Crippen molar-refractivity contribution in [2.24, 2.45) is 0 Å². The van der Waals surface area contributed by atoms with Crippen molar-refractivity contribution in [2.45, 2.75) is 6.54 Å². The van der Waals surface area contributed by atoms with Gasteiger partial charge in [0, 0.05) is 19.5 Å². The number of hydrogen-bond acceptors (Lipinski definition) is 4. The van der Waals surface area contributed by atoms with Crippen molar-refractivity contribution >= 4 is 10.0 Å². The number of ether oxygens (including phenoxy) is 1. The van der Waals surface area contributed by atoms with E-state index in [1.54, 1.807) is 12.4 Å². The molecule has 1 rings (SSSR count). The first-order chi connectivity index (χ1) is 6.64. The molecule has 6 nitrogen and oxygen atoms in total. The molecule has 0 radical (unpaired) electrons. The van der Waals surface area contributed by atoms with E-state index in [1.165, 1.54) is 7.11 Å². The van der Waals surface area contributed by atoms with Gasteiger partial charge in [-0.25, -0.2) is 18.1 Å². The van der Waals surface area contributed by atoms with Crippen LogP contribution in [0.3, 0.4) is 0 Å². The molecule has 80 valence electrons. The molecule has 2 N–H and O–H groups in total. The first kappa shape index (κ1) is 11.2. The van der Waals surface area contributed by atoms with Crippen LogP contribution in [0.2, 0.25) is 0 Å². The SMILES string of the molecule is COCCS(=O)(=O)NCc1ncc[nH]1. The first-order valence-electron chi connectivity index (χ1n) is 4.08. The standard InChI is InChI=1S/C7H13N3O3S/c1-13-4-5-14(11,12)10-6-7-8-2-3-9-7/h2-3,10H,4-6H2,1H3,(H,8,9). The lowest BCUT2D eigenvalue weighted by atomic mass is 10.6. The molecule has 0 saturated heterocycles. The molecule has 7 heteroatoms. The van der Waals surface area contributed by atoms with Crippen LogP contribution in [-0.2, 0) is 21.3 Å². The van der Waals surface area contributed by atoms with Gasteiger partial charge in [0.15, 0.2) is 0 Å². The number of methoxy groups -OCH3 is 1. The van der Waals surface area contributed by atoms with E-state index in [0.29, 0.717) is 5.82 Å². The molecule has 1 aromatic heterocycles. The maximum atomic E-state index is 11.3. The molecule has 1 aromatic rings. The Hall–Kier alpha value is -0.920. The highest BCUT2D eigenvalue weighted by atomic mass is 32.2. The van der Waals surface area contributed by atoms with Crippen LogP contribution in [0.1, 0.15) is 5.82 Å². The average molecular weight is 219 g/mol. The Morgan fingerprint density at radius 2 is 2.43 bits per heavy atom. The van der Waals surface area contributed by atoms with Gasteiger partial charge < -0.3 is 9.72 Å². The van der Waals surface area contributed by atoms with Crippen molar-refractivity contribution in [3.8, 4) is 0 Å². The quantitative estimate of drug-likeness (QED) is 0.674. The molecule has 0 atom stereocenters. The van der Waals surface area contributed by atoms with E-state index in [-0.39, 0.29) is 18.9 Å². The lowest BCUT2D eigenvalue weighted by molar-refractivity contribution is 0.217. The topological polar surface area (TPSA) is 84.1 Å². The van der Waals surface area contributed by atoms with E-state index < -0.39 is 10.0 Å². The summed E-state index contributed by atoms with van der Waals surface area (Å²) in [5.41, 5.74) is 0. The molecule has 0 aliphatic rings. The van der Waals surface area contributed by atoms with Crippen LogP contribution < -0.4 is 4.72 Å². The van der Waals surface area contributed by atoms with E-state index in [1.807, 2.05) is 0 Å². The summed E-state index contributed by atoms with van der Waals surface area (Å²) < 4.78 is 29.6. The molecule has 0 fully saturated rings. The molecule has 0 aliphatic carbocycles. The summed E-state index contributed by atoms with van der Waals surface area (Å²) in [5, 5.41) is 0. The second-order valence-corrected chi connectivity index (χ2v) is 4.60. The minimum atomic E-state index is -3.25. The largest absolute Gasteiger partial charge is 0.384 e. The molecule has 0 unspecified atom stereocenters. The summed E-state index contributed by atoms with van der Waals surface area (Å²) in [4.78, 5) is 6.68. The smallest absolute Gasteiger partial charge is 0.214 e. The van der Waals surface area contributed by atoms with Gasteiger partial charge in [-0.1, -0.05) is 0 Å². The molecule has 0 spiro atoms. The molecule has 0 amide bonds. The van der Waals surface area contributed by atoms with Crippen LogP contribution >= 0.6 is 0 Å². The summed E-state index contributed by atoms with van der Waals surface area (Å²) >= 11 is 0. The molecule has 0 saturated carbocycles. The van der Waals surface area contributed by atoms with E-state index in [2.05, 4.69) is 19.4 Å². The van der Waals surface area contributed by atoms with E-state index in [4.69, 9.17) is 0 Å². The maximum absolute atomic E-state index is 11.3. The lowest BCUT2D eigenvalue weighted by Crippen LogP contribution is -2.28. The molecule has 0 aromatic carbocycles. The van der Waals surface area contributed by atoms with E-state index in [9.17, 15) is 8.42 Å². The van der Waals surface area contributed by atoms with Crippen molar-refractivity contribution in [3.05, 3.63) is 18.2 Å². The monoisotopic (exact) mass is 219 g/mol. The number of aromatic nitrogens is 2. The van der Waals surface area contributed by atoms with Gasteiger partial charge in [-0.2, -0.15) is 0 Å². The number of nitrogens with zero attached hydrogens (tertiary/aromatic N) is 1. The molecule has 0 bridgehead atoms. The number of nitrogens with one attached hydrogen (secondary N) is 2. The van der Waals surface area contributed by atoms with Crippen molar-refractivity contribution < 1.29 is 13.2 Å². The van der Waals surface area contributed by atoms with Crippen molar-refractivity contribution in [3.63, 3.8) is 0 Å². The highest BCUT2D eigenvalue weighted by Gasteiger charge is 2.09. The van der Waals surface area contributed by atoms with Gasteiger partial charge in [0.25, 0.3) is 0 Å². The van der Waals surface area contributed by atoms with Crippen LogP contribution in [0.25, 0.3) is 0 Å².